The van der Waals surface area contributed by atoms with Gasteiger partial charge in [0.1, 0.15) is 0 Å². The van der Waals surface area contributed by atoms with Crippen molar-refractivity contribution in [2.75, 3.05) is 5.73 Å². The van der Waals surface area contributed by atoms with Crippen LogP contribution in [-0.2, 0) is 13.1 Å². The molecule has 0 aromatic heterocycles. The number of benzene rings is 2. The van der Waals surface area contributed by atoms with E-state index in [1.165, 1.54) is 24.0 Å². The molecular weight excluding hydrogens is 258 g/mol. The fourth-order valence-electron chi connectivity index (χ4n) is 2.59. The largest absolute Gasteiger partial charge is 0.399 e. The van der Waals surface area contributed by atoms with Gasteiger partial charge in [0.05, 0.1) is 11.6 Å². The van der Waals surface area contributed by atoms with E-state index in [-0.39, 0.29) is 0 Å². The Kier molecular flexibility index (Phi) is 3.89. The van der Waals surface area contributed by atoms with Gasteiger partial charge >= 0.3 is 0 Å². The van der Waals surface area contributed by atoms with Crippen molar-refractivity contribution in [2.24, 2.45) is 0 Å². The highest BCUT2D eigenvalue weighted by molar-refractivity contribution is 5.39. The highest BCUT2D eigenvalue weighted by Gasteiger charge is 2.28. The van der Waals surface area contributed by atoms with Crippen LogP contribution in [0.5, 0.6) is 0 Å². The maximum absolute atomic E-state index is 9.00. The van der Waals surface area contributed by atoms with Gasteiger partial charge in [-0.25, -0.2) is 0 Å². The van der Waals surface area contributed by atoms with Crippen molar-refractivity contribution in [3.63, 3.8) is 0 Å². The van der Waals surface area contributed by atoms with E-state index in [9.17, 15) is 0 Å². The van der Waals surface area contributed by atoms with Gasteiger partial charge in [-0.2, -0.15) is 5.26 Å². The summed E-state index contributed by atoms with van der Waals surface area (Å²) in [7, 11) is 0. The molecule has 1 fully saturated rings. The number of hydrogen-bond acceptors (Lipinski definition) is 3. The van der Waals surface area contributed by atoms with Crippen molar-refractivity contribution >= 4 is 5.69 Å². The van der Waals surface area contributed by atoms with E-state index in [1.54, 1.807) is 0 Å². The molecule has 3 heteroatoms. The lowest BCUT2D eigenvalue weighted by Crippen LogP contribution is -2.25. The quantitative estimate of drug-likeness (QED) is 0.853. The van der Waals surface area contributed by atoms with Crippen LogP contribution in [0.3, 0.4) is 0 Å². The van der Waals surface area contributed by atoms with Crippen LogP contribution in [0.2, 0.25) is 0 Å². The van der Waals surface area contributed by atoms with Crippen molar-refractivity contribution < 1.29 is 0 Å². The number of nitriles is 1. The Morgan fingerprint density at radius 3 is 2.43 bits per heavy atom. The standard InChI is InChI=1S/C18H19N3/c19-11-15-2-1-3-16(10-15)13-21(18-8-9-18)12-14-4-6-17(20)7-5-14/h1-7,10,18H,8-9,12-13,20H2. The molecule has 1 saturated carbocycles. The normalized spacial score (nSPS) is 14.1. The first-order valence-corrected chi connectivity index (χ1v) is 7.32. The van der Waals surface area contributed by atoms with Crippen LogP contribution in [-0.4, -0.2) is 10.9 Å². The predicted octanol–water partition coefficient (Wildman–Crippen LogP) is 3.31. The van der Waals surface area contributed by atoms with E-state index in [1.807, 2.05) is 30.3 Å². The third-order valence-corrected chi connectivity index (χ3v) is 3.87. The molecule has 2 N–H and O–H groups in total. The van der Waals surface area contributed by atoms with Crippen LogP contribution in [0.1, 0.15) is 29.5 Å². The van der Waals surface area contributed by atoms with Gasteiger partial charge in [-0.05, 0) is 48.2 Å². The number of nitrogen functional groups attached to an aromatic ring is 1. The first kappa shape index (κ1) is 13.7. The first-order valence-electron chi connectivity index (χ1n) is 7.32. The molecule has 106 valence electrons. The topological polar surface area (TPSA) is 53.0 Å². The summed E-state index contributed by atoms with van der Waals surface area (Å²) in [6, 6.07) is 18.9. The van der Waals surface area contributed by atoms with Crippen molar-refractivity contribution in [1.82, 2.24) is 4.90 Å². The molecule has 1 aliphatic rings. The molecule has 2 aromatic rings. The first-order chi connectivity index (χ1) is 10.2. The monoisotopic (exact) mass is 277 g/mol. The van der Waals surface area contributed by atoms with Gasteiger partial charge < -0.3 is 5.73 Å². The van der Waals surface area contributed by atoms with E-state index < -0.39 is 0 Å². The minimum Gasteiger partial charge on any atom is -0.399 e. The third-order valence-electron chi connectivity index (χ3n) is 3.87. The van der Waals surface area contributed by atoms with E-state index in [0.717, 1.165) is 24.3 Å². The Bertz CT molecular complexity index is 651. The zero-order chi connectivity index (χ0) is 14.7. The fourth-order valence-corrected chi connectivity index (χ4v) is 2.59. The SMILES string of the molecule is N#Cc1cccc(CN(Cc2ccc(N)cc2)C2CC2)c1. The number of rotatable bonds is 5. The van der Waals surface area contributed by atoms with Crippen LogP contribution in [0, 0.1) is 11.3 Å². The second kappa shape index (κ2) is 5.99. The Labute approximate surface area is 125 Å². The van der Waals surface area contributed by atoms with E-state index in [2.05, 4.69) is 29.2 Å². The van der Waals surface area contributed by atoms with Crippen LogP contribution in [0.4, 0.5) is 5.69 Å². The average Bonchev–Trinajstić information content (AvgIpc) is 3.34. The molecular formula is C18H19N3. The van der Waals surface area contributed by atoms with E-state index in [0.29, 0.717) is 6.04 Å². The van der Waals surface area contributed by atoms with Gasteiger partial charge in [0.2, 0.25) is 0 Å². The van der Waals surface area contributed by atoms with Crippen molar-refractivity contribution in [3.8, 4) is 6.07 Å². The molecule has 0 atom stereocenters. The van der Waals surface area contributed by atoms with Crippen molar-refractivity contribution in [1.29, 1.82) is 5.26 Å². The molecule has 0 radical (unpaired) electrons. The summed E-state index contributed by atoms with van der Waals surface area (Å²) in [5.74, 6) is 0. The average molecular weight is 277 g/mol. The Balaban J connectivity index is 1.72. The number of nitrogens with zero attached hydrogens (tertiary/aromatic N) is 2. The highest BCUT2D eigenvalue weighted by Crippen LogP contribution is 2.30. The Morgan fingerprint density at radius 2 is 1.76 bits per heavy atom. The van der Waals surface area contributed by atoms with E-state index in [4.69, 9.17) is 11.0 Å². The van der Waals surface area contributed by atoms with E-state index >= 15 is 0 Å². The predicted molar refractivity (Wildman–Crippen MR) is 84.3 cm³/mol. The van der Waals surface area contributed by atoms with Gasteiger partial charge in [-0.1, -0.05) is 24.3 Å². The second-order valence-electron chi connectivity index (χ2n) is 5.69. The van der Waals surface area contributed by atoms with Gasteiger partial charge in [-0.3, -0.25) is 4.90 Å². The molecule has 1 aliphatic carbocycles. The summed E-state index contributed by atoms with van der Waals surface area (Å²) < 4.78 is 0. The van der Waals surface area contributed by atoms with Crippen molar-refractivity contribution in [3.05, 3.63) is 65.2 Å². The fraction of sp³-hybridized carbons (Fsp3) is 0.278. The summed E-state index contributed by atoms with van der Waals surface area (Å²) in [6.07, 6.45) is 2.54. The summed E-state index contributed by atoms with van der Waals surface area (Å²) in [4.78, 5) is 2.49. The van der Waals surface area contributed by atoms with Crippen LogP contribution >= 0.6 is 0 Å². The molecule has 0 saturated heterocycles. The van der Waals surface area contributed by atoms with Crippen LogP contribution in [0.25, 0.3) is 0 Å². The minimum atomic E-state index is 0.674. The molecule has 2 aromatic carbocycles. The molecule has 0 heterocycles. The summed E-state index contributed by atoms with van der Waals surface area (Å²) in [6.45, 7) is 1.83. The zero-order valence-corrected chi connectivity index (χ0v) is 12.0. The minimum absolute atomic E-state index is 0.674. The lowest BCUT2D eigenvalue weighted by molar-refractivity contribution is 0.246. The summed E-state index contributed by atoms with van der Waals surface area (Å²) in [5, 5.41) is 9.00. The molecule has 0 unspecified atom stereocenters. The van der Waals surface area contributed by atoms with Gasteiger partial charge in [0, 0.05) is 24.8 Å². The van der Waals surface area contributed by atoms with Gasteiger partial charge in [-0.15, -0.1) is 0 Å². The second-order valence-corrected chi connectivity index (χ2v) is 5.69. The van der Waals surface area contributed by atoms with Crippen LogP contribution < -0.4 is 5.73 Å². The summed E-state index contributed by atoms with van der Waals surface area (Å²) in [5.41, 5.74) is 9.77. The molecule has 3 rings (SSSR count). The van der Waals surface area contributed by atoms with Gasteiger partial charge in [0.25, 0.3) is 0 Å². The maximum atomic E-state index is 9.00. The number of nitrogens with two attached hydrogens (primary N) is 1. The molecule has 0 aliphatic heterocycles. The molecule has 0 bridgehead atoms. The lowest BCUT2D eigenvalue weighted by atomic mass is 10.1. The molecule has 0 spiro atoms. The van der Waals surface area contributed by atoms with Gasteiger partial charge in [0.15, 0.2) is 0 Å². The maximum Gasteiger partial charge on any atom is 0.0991 e. The highest BCUT2D eigenvalue weighted by atomic mass is 15.2. The zero-order valence-electron chi connectivity index (χ0n) is 12.0. The molecule has 3 nitrogen and oxygen atoms in total. The summed E-state index contributed by atoms with van der Waals surface area (Å²) >= 11 is 0. The molecule has 21 heavy (non-hydrogen) atoms. The Morgan fingerprint density at radius 1 is 1.05 bits per heavy atom. The lowest BCUT2D eigenvalue weighted by Gasteiger charge is -2.22. The number of hydrogen-bond donors (Lipinski definition) is 1. The van der Waals surface area contributed by atoms with Crippen molar-refractivity contribution in [2.45, 2.75) is 32.0 Å². The Hall–Kier alpha value is -2.31. The molecule has 0 amide bonds. The van der Waals surface area contributed by atoms with Crippen LogP contribution in [0.15, 0.2) is 48.5 Å². The number of anilines is 1. The third kappa shape index (κ3) is 3.62. The smallest absolute Gasteiger partial charge is 0.0991 e.